The van der Waals surface area contributed by atoms with E-state index in [4.69, 9.17) is 4.74 Å². The van der Waals surface area contributed by atoms with Crippen LogP contribution in [0.1, 0.15) is 22.5 Å². The van der Waals surface area contributed by atoms with Crippen LogP contribution in [-0.4, -0.2) is 18.3 Å². The molecule has 0 saturated heterocycles. The molecule has 22 heavy (non-hydrogen) atoms. The summed E-state index contributed by atoms with van der Waals surface area (Å²) in [5.41, 5.74) is 4.18. The van der Waals surface area contributed by atoms with Crippen LogP contribution in [-0.2, 0) is 11.3 Å². The van der Waals surface area contributed by atoms with Crippen LogP contribution in [0.5, 0.6) is 0 Å². The molecular formula is C18H19FN2O. The standard InChI is InChI=1S/C18H19FN2O/c1-13-9-16(14(2)21(13)7-8-22-3)10-17(12-20)15-5-4-6-18(19)11-15/h4-6,9-11H,7-8H2,1-3H3/b17-10+. The summed E-state index contributed by atoms with van der Waals surface area (Å²) in [5.74, 6) is -0.343. The second-order valence-electron chi connectivity index (χ2n) is 5.15. The van der Waals surface area contributed by atoms with Gasteiger partial charge in [-0.2, -0.15) is 5.26 Å². The molecule has 0 spiro atoms. The van der Waals surface area contributed by atoms with E-state index < -0.39 is 0 Å². The minimum Gasteiger partial charge on any atom is -0.383 e. The van der Waals surface area contributed by atoms with Gasteiger partial charge in [-0.1, -0.05) is 12.1 Å². The maximum absolute atomic E-state index is 13.3. The Morgan fingerprint density at radius 3 is 2.77 bits per heavy atom. The van der Waals surface area contributed by atoms with Gasteiger partial charge in [-0.15, -0.1) is 0 Å². The molecule has 0 aliphatic rings. The highest BCUT2D eigenvalue weighted by Crippen LogP contribution is 2.23. The number of aryl methyl sites for hydroxylation is 1. The highest BCUT2D eigenvalue weighted by atomic mass is 19.1. The minimum atomic E-state index is -0.343. The highest BCUT2D eigenvalue weighted by molar-refractivity contribution is 5.90. The van der Waals surface area contributed by atoms with Crippen molar-refractivity contribution >= 4 is 11.6 Å². The SMILES string of the molecule is COCCn1c(C)cc(/C=C(\C#N)c2cccc(F)c2)c1C. The van der Waals surface area contributed by atoms with Crippen molar-refractivity contribution in [2.75, 3.05) is 13.7 Å². The summed E-state index contributed by atoms with van der Waals surface area (Å²) in [6, 6.07) is 10.3. The molecule has 0 aliphatic carbocycles. The smallest absolute Gasteiger partial charge is 0.123 e. The third-order valence-electron chi connectivity index (χ3n) is 3.69. The van der Waals surface area contributed by atoms with Crippen LogP contribution in [0, 0.1) is 31.0 Å². The second kappa shape index (κ2) is 7.06. The average Bonchev–Trinajstić information content (AvgIpc) is 2.77. The molecule has 1 aromatic heterocycles. The molecule has 4 heteroatoms. The van der Waals surface area contributed by atoms with Crippen LogP contribution in [0.2, 0.25) is 0 Å². The van der Waals surface area contributed by atoms with Gasteiger partial charge in [0.2, 0.25) is 0 Å². The first kappa shape index (κ1) is 16.0. The van der Waals surface area contributed by atoms with Crippen LogP contribution in [0.3, 0.4) is 0 Å². The van der Waals surface area contributed by atoms with Crippen LogP contribution >= 0.6 is 0 Å². The van der Waals surface area contributed by atoms with Gasteiger partial charge >= 0.3 is 0 Å². The van der Waals surface area contributed by atoms with Crippen LogP contribution < -0.4 is 0 Å². The molecule has 3 nitrogen and oxygen atoms in total. The summed E-state index contributed by atoms with van der Waals surface area (Å²) in [6.45, 7) is 5.43. The minimum absolute atomic E-state index is 0.343. The number of hydrogen-bond acceptors (Lipinski definition) is 2. The van der Waals surface area contributed by atoms with Gasteiger partial charge in [0.25, 0.3) is 0 Å². The van der Waals surface area contributed by atoms with E-state index in [0.717, 1.165) is 23.5 Å². The Morgan fingerprint density at radius 1 is 1.36 bits per heavy atom. The molecule has 114 valence electrons. The van der Waals surface area contributed by atoms with E-state index in [1.807, 2.05) is 19.9 Å². The maximum Gasteiger partial charge on any atom is 0.123 e. The van der Waals surface area contributed by atoms with E-state index in [1.165, 1.54) is 12.1 Å². The molecule has 0 amide bonds. The molecule has 2 aromatic rings. The van der Waals surface area contributed by atoms with Crippen molar-refractivity contribution in [3.63, 3.8) is 0 Å². The highest BCUT2D eigenvalue weighted by Gasteiger charge is 2.09. The number of halogens is 1. The first-order valence-corrected chi connectivity index (χ1v) is 7.10. The fraction of sp³-hybridized carbons (Fsp3) is 0.278. The lowest BCUT2D eigenvalue weighted by Crippen LogP contribution is -2.07. The van der Waals surface area contributed by atoms with Crippen LogP contribution in [0.15, 0.2) is 30.3 Å². The Hall–Kier alpha value is -2.38. The number of nitrogens with zero attached hydrogens (tertiary/aromatic N) is 2. The molecule has 2 rings (SSSR count). The number of allylic oxidation sites excluding steroid dienone is 1. The Balaban J connectivity index is 2.41. The molecule has 0 N–H and O–H groups in total. The fourth-order valence-electron chi connectivity index (χ4n) is 2.49. The van der Waals surface area contributed by atoms with Crippen molar-refractivity contribution < 1.29 is 9.13 Å². The van der Waals surface area contributed by atoms with E-state index in [-0.39, 0.29) is 5.82 Å². The molecule has 0 aliphatic heterocycles. The number of nitriles is 1. The monoisotopic (exact) mass is 298 g/mol. The summed E-state index contributed by atoms with van der Waals surface area (Å²) in [5, 5.41) is 9.37. The van der Waals surface area contributed by atoms with E-state index in [2.05, 4.69) is 10.6 Å². The zero-order valence-electron chi connectivity index (χ0n) is 13.1. The largest absolute Gasteiger partial charge is 0.383 e. The molecular weight excluding hydrogens is 279 g/mol. The van der Waals surface area contributed by atoms with Gasteiger partial charge in [0, 0.05) is 25.0 Å². The normalized spacial score (nSPS) is 11.5. The zero-order chi connectivity index (χ0) is 16.1. The fourth-order valence-corrected chi connectivity index (χ4v) is 2.49. The summed E-state index contributed by atoms with van der Waals surface area (Å²) in [4.78, 5) is 0. The first-order chi connectivity index (χ1) is 10.6. The third-order valence-corrected chi connectivity index (χ3v) is 3.69. The van der Waals surface area contributed by atoms with Crippen molar-refractivity contribution in [3.8, 4) is 6.07 Å². The van der Waals surface area contributed by atoms with Crippen LogP contribution in [0.25, 0.3) is 11.6 Å². The molecule has 0 bridgehead atoms. The zero-order valence-corrected chi connectivity index (χ0v) is 13.1. The Kier molecular flexibility index (Phi) is 5.13. The summed E-state index contributed by atoms with van der Waals surface area (Å²) in [7, 11) is 1.67. The van der Waals surface area contributed by atoms with Crippen molar-refractivity contribution in [1.29, 1.82) is 5.26 Å². The molecule has 0 radical (unpaired) electrons. The number of rotatable bonds is 5. The quantitative estimate of drug-likeness (QED) is 0.784. The maximum atomic E-state index is 13.3. The Morgan fingerprint density at radius 2 is 2.14 bits per heavy atom. The second-order valence-corrected chi connectivity index (χ2v) is 5.15. The number of benzene rings is 1. The Labute approximate surface area is 130 Å². The number of aromatic nitrogens is 1. The summed E-state index contributed by atoms with van der Waals surface area (Å²) < 4.78 is 20.6. The van der Waals surface area contributed by atoms with E-state index in [9.17, 15) is 9.65 Å². The summed E-state index contributed by atoms with van der Waals surface area (Å²) >= 11 is 0. The molecule has 0 atom stereocenters. The number of methoxy groups -OCH3 is 1. The van der Waals surface area contributed by atoms with Crippen molar-refractivity contribution in [2.24, 2.45) is 0 Å². The third kappa shape index (κ3) is 3.44. The molecule has 0 unspecified atom stereocenters. The van der Waals surface area contributed by atoms with Gasteiger partial charge in [0.15, 0.2) is 0 Å². The van der Waals surface area contributed by atoms with Gasteiger partial charge in [-0.05, 0) is 49.2 Å². The van der Waals surface area contributed by atoms with Gasteiger partial charge < -0.3 is 9.30 Å². The summed E-state index contributed by atoms with van der Waals surface area (Å²) in [6.07, 6.45) is 1.81. The van der Waals surface area contributed by atoms with E-state index >= 15 is 0 Å². The van der Waals surface area contributed by atoms with Gasteiger partial charge in [0.1, 0.15) is 5.82 Å². The first-order valence-electron chi connectivity index (χ1n) is 7.10. The van der Waals surface area contributed by atoms with E-state index in [0.29, 0.717) is 17.7 Å². The van der Waals surface area contributed by atoms with Crippen molar-refractivity contribution in [1.82, 2.24) is 4.57 Å². The van der Waals surface area contributed by atoms with Crippen LogP contribution in [0.4, 0.5) is 4.39 Å². The van der Waals surface area contributed by atoms with Gasteiger partial charge in [-0.3, -0.25) is 0 Å². The van der Waals surface area contributed by atoms with Crippen molar-refractivity contribution in [3.05, 3.63) is 58.7 Å². The van der Waals surface area contributed by atoms with Gasteiger partial charge in [-0.25, -0.2) is 4.39 Å². The Bertz CT molecular complexity index is 738. The predicted molar refractivity (Wildman–Crippen MR) is 85.7 cm³/mol. The number of hydrogen-bond donors (Lipinski definition) is 0. The lowest BCUT2D eigenvalue weighted by atomic mass is 10.0. The van der Waals surface area contributed by atoms with Crippen molar-refractivity contribution in [2.45, 2.75) is 20.4 Å². The predicted octanol–water partition coefficient (Wildman–Crippen LogP) is 3.95. The number of ether oxygens (including phenoxy) is 1. The lowest BCUT2D eigenvalue weighted by molar-refractivity contribution is 0.186. The van der Waals surface area contributed by atoms with Gasteiger partial charge in [0.05, 0.1) is 18.2 Å². The molecule has 1 heterocycles. The average molecular weight is 298 g/mol. The molecule has 0 saturated carbocycles. The topological polar surface area (TPSA) is 38.0 Å². The lowest BCUT2D eigenvalue weighted by Gasteiger charge is -2.08. The molecule has 0 fully saturated rings. The van der Waals surface area contributed by atoms with E-state index in [1.54, 1.807) is 25.3 Å². The molecule has 1 aromatic carbocycles.